The van der Waals surface area contributed by atoms with Crippen LogP contribution in [0.15, 0.2) is 35.3 Å². The van der Waals surface area contributed by atoms with Gasteiger partial charge in [-0.3, -0.25) is 9.79 Å². The first-order valence-electron chi connectivity index (χ1n) is 8.65. The first-order valence-corrected chi connectivity index (χ1v) is 8.65. The molecule has 1 aliphatic rings. The van der Waals surface area contributed by atoms with Gasteiger partial charge in [0, 0.05) is 58.9 Å². The third kappa shape index (κ3) is 6.72. The lowest BCUT2D eigenvalue weighted by molar-refractivity contribution is -0.128. The predicted molar refractivity (Wildman–Crippen MR) is 115 cm³/mol. The Morgan fingerprint density at radius 1 is 1.16 bits per heavy atom. The van der Waals surface area contributed by atoms with Gasteiger partial charge in [-0.25, -0.2) is 0 Å². The molecule has 0 radical (unpaired) electrons. The third-order valence-corrected chi connectivity index (χ3v) is 4.12. The number of aliphatic imine (C=N–C) groups is 1. The lowest BCUT2D eigenvalue weighted by Gasteiger charge is -2.37. The number of carbonyl (C=O) groups is 1. The van der Waals surface area contributed by atoms with Crippen molar-refractivity contribution in [2.75, 3.05) is 58.3 Å². The highest BCUT2D eigenvalue weighted by molar-refractivity contribution is 14.0. The first kappa shape index (κ1) is 21.5. The molecule has 1 aromatic carbocycles. The van der Waals surface area contributed by atoms with Crippen LogP contribution < -0.4 is 10.2 Å². The van der Waals surface area contributed by atoms with E-state index in [4.69, 9.17) is 0 Å². The molecule has 0 bridgehead atoms. The monoisotopic (exact) mass is 459 g/mol. The number of piperazine rings is 1. The van der Waals surface area contributed by atoms with Crippen LogP contribution in [-0.4, -0.2) is 75.0 Å². The minimum Gasteiger partial charge on any atom is -0.368 e. The van der Waals surface area contributed by atoms with Crippen LogP contribution in [0.1, 0.15) is 13.3 Å². The molecule has 2 rings (SSSR count). The zero-order chi connectivity index (χ0) is 17.4. The highest BCUT2D eigenvalue weighted by Gasteiger charge is 2.19. The zero-order valence-electron chi connectivity index (χ0n) is 15.4. The van der Waals surface area contributed by atoms with Crippen LogP contribution in [0.25, 0.3) is 0 Å². The summed E-state index contributed by atoms with van der Waals surface area (Å²) < 4.78 is 0. The molecule has 0 atom stereocenters. The molecule has 0 spiro atoms. The number of anilines is 1. The van der Waals surface area contributed by atoms with E-state index in [0.717, 1.165) is 38.7 Å². The number of rotatable bonds is 5. The molecule has 1 aromatic rings. The van der Waals surface area contributed by atoms with Crippen LogP contribution in [0, 0.1) is 0 Å². The van der Waals surface area contributed by atoms with E-state index in [1.54, 1.807) is 19.0 Å². The van der Waals surface area contributed by atoms with Gasteiger partial charge in [-0.1, -0.05) is 18.2 Å². The van der Waals surface area contributed by atoms with Crippen LogP contribution in [0.5, 0.6) is 0 Å². The number of benzene rings is 1. The molecule has 1 aliphatic heterocycles. The van der Waals surface area contributed by atoms with E-state index in [1.165, 1.54) is 5.69 Å². The standard InChI is InChI=1S/C18H29N5O.HI/c1-4-19-18(20-11-10-17(24)21(2)3)23-14-12-22(13-15-23)16-8-6-5-7-9-16;/h5-9H,4,10-15H2,1-3H3,(H,19,20);1H. The molecular weight excluding hydrogens is 429 g/mol. The Bertz CT molecular complexity index is 542. The van der Waals surface area contributed by atoms with E-state index >= 15 is 0 Å². The van der Waals surface area contributed by atoms with Crippen molar-refractivity contribution in [3.05, 3.63) is 30.3 Å². The summed E-state index contributed by atoms with van der Waals surface area (Å²) in [5, 5.41) is 3.34. The maximum atomic E-state index is 11.7. The lowest BCUT2D eigenvalue weighted by atomic mass is 10.2. The van der Waals surface area contributed by atoms with E-state index in [9.17, 15) is 4.79 Å². The van der Waals surface area contributed by atoms with Gasteiger partial charge in [0.1, 0.15) is 0 Å². The number of nitrogens with one attached hydrogen (secondary N) is 1. The smallest absolute Gasteiger partial charge is 0.223 e. The number of para-hydroxylation sites is 1. The number of amides is 1. The van der Waals surface area contributed by atoms with Crippen molar-refractivity contribution in [2.45, 2.75) is 13.3 Å². The molecular formula is C18H30IN5O. The second-order valence-electron chi connectivity index (χ2n) is 6.08. The molecule has 0 unspecified atom stereocenters. The van der Waals surface area contributed by atoms with Crippen molar-refractivity contribution < 1.29 is 4.79 Å². The topological polar surface area (TPSA) is 51.2 Å². The maximum absolute atomic E-state index is 11.7. The van der Waals surface area contributed by atoms with Gasteiger partial charge < -0.3 is 20.0 Å². The summed E-state index contributed by atoms with van der Waals surface area (Å²) >= 11 is 0. The molecule has 25 heavy (non-hydrogen) atoms. The molecule has 140 valence electrons. The summed E-state index contributed by atoms with van der Waals surface area (Å²) in [6, 6.07) is 10.5. The molecule has 1 saturated heterocycles. The Labute approximate surface area is 168 Å². The van der Waals surface area contributed by atoms with Gasteiger partial charge in [-0.05, 0) is 19.1 Å². The fourth-order valence-corrected chi connectivity index (χ4v) is 2.72. The SMILES string of the molecule is CCNC(=NCCC(=O)N(C)C)N1CCN(c2ccccc2)CC1.I. The second-order valence-corrected chi connectivity index (χ2v) is 6.08. The van der Waals surface area contributed by atoms with Crippen molar-refractivity contribution in [1.82, 2.24) is 15.1 Å². The number of hydrogen-bond acceptors (Lipinski definition) is 3. The largest absolute Gasteiger partial charge is 0.368 e. The van der Waals surface area contributed by atoms with Crippen molar-refractivity contribution in [1.29, 1.82) is 0 Å². The highest BCUT2D eigenvalue weighted by atomic mass is 127. The summed E-state index contributed by atoms with van der Waals surface area (Å²) in [7, 11) is 3.56. The van der Waals surface area contributed by atoms with Crippen LogP contribution in [0.3, 0.4) is 0 Å². The minimum absolute atomic E-state index is 0. The average molecular weight is 459 g/mol. The van der Waals surface area contributed by atoms with E-state index in [2.05, 4.69) is 51.3 Å². The third-order valence-electron chi connectivity index (χ3n) is 4.12. The molecule has 0 aromatic heterocycles. The molecule has 0 saturated carbocycles. The van der Waals surface area contributed by atoms with Crippen molar-refractivity contribution in [3.8, 4) is 0 Å². The van der Waals surface area contributed by atoms with Crippen LogP contribution in [-0.2, 0) is 4.79 Å². The summed E-state index contributed by atoms with van der Waals surface area (Å²) in [6.45, 7) is 7.25. The van der Waals surface area contributed by atoms with Gasteiger partial charge in [0.25, 0.3) is 0 Å². The molecule has 1 heterocycles. The van der Waals surface area contributed by atoms with E-state index in [-0.39, 0.29) is 29.9 Å². The predicted octanol–water partition coefficient (Wildman–Crippen LogP) is 1.87. The van der Waals surface area contributed by atoms with Gasteiger partial charge in [0.15, 0.2) is 5.96 Å². The highest BCUT2D eigenvalue weighted by Crippen LogP contribution is 2.15. The minimum atomic E-state index is 0. The fourth-order valence-electron chi connectivity index (χ4n) is 2.72. The molecule has 1 fully saturated rings. The molecule has 7 heteroatoms. The second kappa shape index (κ2) is 11.2. The number of guanidine groups is 1. The summed E-state index contributed by atoms with van der Waals surface area (Å²) in [4.78, 5) is 22.6. The Balaban J connectivity index is 0.00000312. The van der Waals surface area contributed by atoms with Crippen LogP contribution in [0.4, 0.5) is 5.69 Å². The molecule has 1 N–H and O–H groups in total. The van der Waals surface area contributed by atoms with E-state index in [1.807, 2.05) is 6.07 Å². The van der Waals surface area contributed by atoms with Gasteiger partial charge >= 0.3 is 0 Å². The molecule has 1 amide bonds. The average Bonchev–Trinajstić information content (AvgIpc) is 2.61. The summed E-state index contributed by atoms with van der Waals surface area (Å²) in [6.07, 6.45) is 0.450. The maximum Gasteiger partial charge on any atom is 0.223 e. The van der Waals surface area contributed by atoms with Crippen molar-refractivity contribution >= 4 is 41.5 Å². The van der Waals surface area contributed by atoms with Crippen LogP contribution >= 0.6 is 24.0 Å². The van der Waals surface area contributed by atoms with Crippen molar-refractivity contribution in [2.24, 2.45) is 4.99 Å². The number of carbonyl (C=O) groups excluding carboxylic acids is 1. The van der Waals surface area contributed by atoms with Gasteiger partial charge in [0.2, 0.25) is 5.91 Å². The van der Waals surface area contributed by atoms with E-state index in [0.29, 0.717) is 13.0 Å². The Hall–Kier alpha value is -1.51. The van der Waals surface area contributed by atoms with Gasteiger partial charge in [-0.15, -0.1) is 24.0 Å². The number of hydrogen-bond donors (Lipinski definition) is 1. The van der Waals surface area contributed by atoms with Gasteiger partial charge in [0.05, 0.1) is 6.54 Å². The number of nitrogens with zero attached hydrogens (tertiary/aromatic N) is 4. The van der Waals surface area contributed by atoms with Crippen LogP contribution in [0.2, 0.25) is 0 Å². The summed E-state index contributed by atoms with van der Waals surface area (Å²) in [5.74, 6) is 1.03. The Kier molecular flexibility index (Phi) is 9.62. The Morgan fingerprint density at radius 2 is 1.80 bits per heavy atom. The zero-order valence-corrected chi connectivity index (χ0v) is 17.8. The molecule has 6 nitrogen and oxygen atoms in total. The normalized spacial score (nSPS) is 14.8. The number of halogens is 1. The first-order chi connectivity index (χ1) is 11.6. The quantitative estimate of drug-likeness (QED) is 0.415. The van der Waals surface area contributed by atoms with E-state index < -0.39 is 0 Å². The van der Waals surface area contributed by atoms with Gasteiger partial charge in [-0.2, -0.15) is 0 Å². The lowest BCUT2D eigenvalue weighted by Crippen LogP contribution is -2.52. The molecule has 0 aliphatic carbocycles. The van der Waals surface area contributed by atoms with Crippen molar-refractivity contribution in [3.63, 3.8) is 0 Å². The summed E-state index contributed by atoms with van der Waals surface area (Å²) in [5.41, 5.74) is 1.27. The fraction of sp³-hybridized carbons (Fsp3) is 0.556. The Morgan fingerprint density at radius 3 is 2.36 bits per heavy atom.